The van der Waals surface area contributed by atoms with E-state index in [4.69, 9.17) is 0 Å². The van der Waals surface area contributed by atoms with Gasteiger partial charge in [-0.3, -0.25) is 9.48 Å². The van der Waals surface area contributed by atoms with E-state index in [1.165, 1.54) is 0 Å². The molecule has 140 valence electrons. The third kappa shape index (κ3) is 3.64. The van der Waals surface area contributed by atoms with E-state index in [0.717, 1.165) is 23.4 Å². The summed E-state index contributed by atoms with van der Waals surface area (Å²) in [4.78, 5) is 12.9. The zero-order chi connectivity index (χ0) is 18.8. The predicted molar refractivity (Wildman–Crippen MR) is 102 cm³/mol. The fourth-order valence-corrected chi connectivity index (χ4v) is 3.70. The summed E-state index contributed by atoms with van der Waals surface area (Å²) in [6, 6.07) is 9.90. The zero-order valence-electron chi connectivity index (χ0n) is 15.5. The summed E-state index contributed by atoms with van der Waals surface area (Å²) in [6.45, 7) is 3.50. The van der Waals surface area contributed by atoms with Crippen LogP contribution < -0.4 is 10.6 Å². The van der Waals surface area contributed by atoms with Crippen LogP contribution in [0.2, 0.25) is 0 Å². The number of aromatic nitrogens is 4. The molecule has 3 aromatic rings. The highest BCUT2D eigenvalue weighted by Gasteiger charge is 2.35. The van der Waals surface area contributed by atoms with Crippen molar-refractivity contribution in [1.29, 1.82) is 0 Å². The molecule has 3 heterocycles. The number of aryl methyl sites for hydroxylation is 1. The van der Waals surface area contributed by atoms with Gasteiger partial charge >= 0.3 is 0 Å². The molecule has 1 aromatic carbocycles. The van der Waals surface area contributed by atoms with Crippen LogP contribution in [0.25, 0.3) is 5.69 Å². The Labute approximate surface area is 158 Å². The lowest BCUT2D eigenvalue weighted by Crippen LogP contribution is -2.36. The van der Waals surface area contributed by atoms with Crippen molar-refractivity contribution in [2.45, 2.75) is 18.9 Å². The first-order valence-electron chi connectivity index (χ1n) is 9.21. The van der Waals surface area contributed by atoms with E-state index in [1.54, 1.807) is 10.9 Å². The van der Waals surface area contributed by atoms with Crippen molar-refractivity contribution in [3.63, 3.8) is 0 Å². The Kier molecular flexibility index (Phi) is 4.77. The predicted octanol–water partition coefficient (Wildman–Crippen LogP) is 1.79. The Bertz CT molecular complexity index is 916. The van der Waals surface area contributed by atoms with Gasteiger partial charge in [0, 0.05) is 44.6 Å². The molecule has 2 N–H and O–H groups in total. The summed E-state index contributed by atoms with van der Waals surface area (Å²) in [7, 11) is 1.90. The van der Waals surface area contributed by atoms with Crippen molar-refractivity contribution < 1.29 is 4.79 Å². The molecule has 0 spiro atoms. The van der Waals surface area contributed by atoms with E-state index in [0.29, 0.717) is 6.54 Å². The standard InChI is InChI=1S/C20H24N6O/c1-14(15-5-3-6-17(9-15)26-8-4-7-22-26)24-20(27)19-12-21-11-18(19)16-10-23-25(2)13-16/h3-10,13-14,18-19,21H,11-12H2,1-2H3,(H,24,27)/t14?,18-,19+/m1/s1. The molecule has 7 nitrogen and oxygen atoms in total. The molecule has 0 radical (unpaired) electrons. The number of carbonyl (C=O) groups is 1. The largest absolute Gasteiger partial charge is 0.349 e. The lowest BCUT2D eigenvalue weighted by Gasteiger charge is -2.21. The van der Waals surface area contributed by atoms with Crippen LogP contribution >= 0.6 is 0 Å². The SMILES string of the molecule is CC(NC(=O)[C@H]1CNC[C@@H]1c1cnn(C)c1)c1cccc(-n2cccn2)c1. The molecule has 7 heteroatoms. The molecule has 2 aromatic heterocycles. The van der Waals surface area contributed by atoms with Gasteiger partial charge in [-0.25, -0.2) is 4.68 Å². The summed E-state index contributed by atoms with van der Waals surface area (Å²) in [5.74, 6) is 0.137. The van der Waals surface area contributed by atoms with Crippen LogP contribution in [0.5, 0.6) is 0 Å². The maximum atomic E-state index is 12.9. The molecule has 1 amide bonds. The van der Waals surface area contributed by atoms with Crippen LogP contribution in [0.15, 0.2) is 55.1 Å². The Hall–Kier alpha value is -2.93. The smallest absolute Gasteiger partial charge is 0.225 e. The summed E-state index contributed by atoms with van der Waals surface area (Å²) in [5, 5.41) is 15.0. The van der Waals surface area contributed by atoms with Crippen molar-refractivity contribution in [2.75, 3.05) is 13.1 Å². The van der Waals surface area contributed by atoms with Crippen LogP contribution in [0, 0.1) is 5.92 Å². The Morgan fingerprint density at radius 3 is 2.93 bits per heavy atom. The first kappa shape index (κ1) is 17.5. The molecule has 27 heavy (non-hydrogen) atoms. The lowest BCUT2D eigenvalue weighted by molar-refractivity contribution is -0.125. The van der Waals surface area contributed by atoms with Crippen molar-refractivity contribution in [3.8, 4) is 5.69 Å². The molecule has 3 atom stereocenters. The highest BCUT2D eigenvalue weighted by atomic mass is 16.2. The van der Waals surface area contributed by atoms with E-state index in [2.05, 4.69) is 26.9 Å². The van der Waals surface area contributed by atoms with E-state index in [1.807, 2.05) is 61.5 Å². The summed E-state index contributed by atoms with van der Waals surface area (Å²) < 4.78 is 3.60. The number of hydrogen-bond acceptors (Lipinski definition) is 4. The van der Waals surface area contributed by atoms with E-state index < -0.39 is 0 Å². The van der Waals surface area contributed by atoms with Gasteiger partial charge in [-0.2, -0.15) is 10.2 Å². The number of hydrogen-bond donors (Lipinski definition) is 2. The molecule has 0 bridgehead atoms. The fourth-order valence-electron chi connectivity index (χ4n) is 3.70. The van der Waals surface area contributed by atoms with Gasteiger partial charge in [-0.15, -0.1) is 0 Å². The van der Waals surface area contributed by atoms with Crippen molar-refractivity contribution in [1.82, 2.24) is 30.2 Å². The van der Waals surface area contributed by atoms with Crippen LogP contribution in [-0.2, 0) is 11.8 Å². The number of nitrogens with one attached hydrogen (secondary N) is 2. The molecule has 1 aliphatic rings. The third-order valence-electron chi connectivity index (χ3n) is 5.20. The summed E-state index contributed by atoms with van der Waals surface area (Å²) >= 11 is 0. The molecular formula is C20H24N6O. The average Bonchev–Trinajstić information content (AvgIpc) is 3.42. The van der Waals surface area contributed by atoms with Crippen molar-refractivity contribution >= 4 is 5.91 Å². The number of nitrogens with zero attached hydrogens (tertiary/aromatic N) is 4. The van der Waals surface area contributed by atoms with Gasteiger partial charge < -0.3 is 10.6 Å². The second-order valence-electron chi connectivity index (χ2n) is 7.09. The quantitative estimate of drug-likeness (QED) is 0.724. The van der Waals surface area contributed by atoms with Gasteiger partial charge in [0.15, 0.2) is 0 Å². The number of carbonyl (C=O) groups excluding carboxylic acids is 1. The highest BCUT2D eigenvalue weighted by Crippen LogP contribution is 2.28. The molecule has 1 saturated heterocycles. The molecule has 1 unspecified atom stereocenters. The summed E-state index contributed by atoms with van der Waals surface area (Å²) in [6.07, 6.45) is 7.51. The zero-order valence-corrected chi connectivity index (χ0v) is 15.5. The second kappa shape index (κ2) is 7.36. The van der Waals surface area contributed by atoms with Gasteiger partial charge in [0.05, 0.1) is 23.8 Å². The Balaban J connectivity index is 1.47. The second-order valence-corrected chi connectivity index (χ2v) is 7.09. The van der Waals surface area contributed by atoms with Gasteiger partial charge in [0.2, 0.25) is 5.91 Å². The minimum Gasteiger partial charge on any atom is -0.349 e. The van der Waals surface area contributed by atoms with Gasteiger partial charge in [0.25, 0.3) is 0 Å². The molecule has 4 rings (SSSR count). The molecule has 0 aliphatic carbocycles. The van der Waals surface area contributed by atoms with Gasteiger partial charge in [-0.05, 0) is 36.2 Å². The highest BCUT2D eigenvalue weighted by molar-refractivity contribution is 5.81. The normalized spacial score (nSPS) is 20.5. The van der Waals surface area contributed by atoms with E-state index in [-0.39, 0.29) is 23.8 Å². The van der Waals surface area contributed by atoms with Crippen LogP contribution in [0.4, 0.5) is 0 Å². The average molecular weight is 364 g/mol. The van der Waals surface area contributed by atoms with Gasteiger partial charge in [0.1, 0.15) is 0 Å². The minimum atomic E-state index is -0.0917. The van der Waals surface area contributed by atoms with Crippen LogP contribution in [-0.4, -0.2) is 38.6 Å². The fraction of sp³-hybridized carbons (Fsp3) is 0.350. The maximum Gasteiger partial charge on any atom is 0.225 e. The monoisotopic (exact) mass is 364 g/mol. The van der Waals surface area contributed by atoms with E-state index in [9.17, 15) is 4.79 Å². The maximum absolute atomic E-state index is 12.9. The molecule has 0 saturated carbocycles. The van der Waals surface area contributed by atoms with Crippen LogP contribution in [0.1, 0.15) is 30.0 Å². The van der Waals surface area contributed by atoms with Crippen molar-refractivity contribution in [2.24, 2.45) is 13.0 Å². The van der Waals surface area contributed by atoms with E-state index >= 15 is 0 Å². The summed E-state index contributed by atoms with van der Waals surface area (Å²) in [5.41, 5.74) is 3.14. The first-order chi connectivity index (χ1) is 13.1. The Morgan fingerprint density at radius 2 is 2.19 bits per heavy atom. The molecule has 1 fully saturated rings. The van der Waals surface area contributed by atoms with Gasteiger partial charge in [-0.1, -0.05) is 12.1 Å². The minimum absolute atomic E-state index is 0.0749. The third-order valence-corrected chi connectivity index (χ3v) is 5.20. The molecular weight excluding hydrogens is 340 g/mol. The topological polar surface area (TPSA) is 76.8 Å². The lowest BCUT2D eigenvalue weighted by atomic mass is 9.90. The van der Waals surface area contributed by atoms with Crippen molar-refractivity contribution in [3.05, 3.63) is 66.2 Å². The first-order valence-corrected chi connectivity index (χ1v) is 9.21. The number of rotatable bonds is 5. The molecule has 1 aliphatic heterocycles. The number of benzene rings is 1. The number of amides is 1. The Morgan fingerprint density at radius 1 is 1.30 bits per heavy atom. The van der Waals surface area contributed by atoms with Crippen LogP contribution in [0.3, 0.4) is 0 Å².